The largest absolute Gasteiger partial charge is 0.507 e. The summed E-state index contributed by atoms with van der Waals surface area (Å²) in [7, 11) is 2.93. The molecule has 8 heteroatoms. The lowest BCUT2D eigenvalue weighted by molar-refractivity contribution is -0.139. The van der Waals surface area contributed by atoms with Gasteiger partial charge in [0.05, 0.1) is 31.4 Å². The molecule has 3 rings (SSSR count). The van der Waals surface area contributed by atoms with Crippen molar-refractivity contribution in [3.8, 4) is 17.2 Å². The number of aliphatic hydroxyl groups excluding tert-OH is 1. The van der Waals surface area contributed by atoms with E-state index in [0.717, 1.165) is 0 Å². The Morgan fingerprint density at radius 2 is 1.69 bits per heavy atom. The molecule has 0 aliphatic carbocycles. The molecule has 1 saturated heterocycles. The van der Waals surface area contributed by atoms with Crippen molar-refractivity contribution in [3.05, 3.63) is 59.2 Å². The smallest absolute Gasteiger partial charge is 0.308 e. The maximum Gasteiger partial charge on any atom is 0.308 e. The number of ether oxygens (including phenoxy) is 3. The first-order chi connectivity index (χ1) is 15.3. The first kappa shape index (κ1) is 22.9. The molecule has 0 saturated carbocycles. The first-order valence-electron chi connectivity index (χ1n) is 10.1. The van der Waals surface area contributed by atoms with Gasteiger partial charge >= 0.3 is 5.97 Å². The second kappa shape index (κ2) is 9.55. The summed E-state index contributed by atoms with van der Waals surface area (Å²) in [5.74, 6) is -1.17. The summed E-state index contributed by atoms with van der Waals surface area (Å²) in [5, 5.41) is 11.2. The summed E-state index contributed by atoms with van der Waals surface area (Å²) in [6, 6.07) is 10.5. The van der Waals surface area contributed by atoms with Gasteiger partial charge in [0, 0.05) is 13.5 Å². The maximum atomic E-state index is 13.0. The highest BCUT2D eigenvalue weighted by Gasteiger charge is 2.46. The van der Waals surface area contributed by atoms with E-state index < -0.39 is 23.7 Å². The Kier molecular flexibility index (Phi) is 6.82. The molecule has 1 unspecified atom stereocenters. The second-order valence-corrected chi connectivity index (χ2v) is 7.22. The van der Waals surface area contributed by atoms with E-state index in [1.165, 1.54) is 26.0 Å². The number of esters is 1. The van der Waals surface area contributed by atoms with Crippen LogP contribution in [0.5, 0.6) is 17.2 Å². The lowest BCUT2D eigenvalue weighted by atomic mass is 9.94. The number of hydrogen-bond acceptors (Lipinski definition) is 7. The van der Waals surface area contributed by atoms with Gasteiger partial charge in [0.2, 0.25) is 0 Å². The van der Waals surface area contributed by atoms with Crippen LogP contribution in [0, 0.1) is 0 Å². The van der Waals surface area contributed by atoms with Gasteiger partial charge in [0.1, 0.15) is 23.0 Å². The first-order valence-corrected chi connectivity index (χ1v) is 10.1. The van der Waals surface area contributed by atoms with Gasteiger partial charge in [0.15, 0.2) is 0 Å². The Morgan fingerprint density at radius 1 is 1.03 bits per heavy atom. The van der Waals surface area contributed by atoms with Gasteiger partial charge in [0.25, 0.3) is 11.7 Å². The minimum Gasteiger partial charge on any atom is -0.507 e. The number of carbonyl (C=O) groups excluding carboxylic acids is 3. The topological polar surface area (TPSA) is 102 Å². The van der Waals surface area contributed by atoms with E-state index in [2.05, 4.69) is 0 Å². The van der Waals surface area contributed by atoms with E-state index in [1.54, 1.807) is 42.5 Å². The minimum atomic E-state index is -0.808. The van der Waals surface area contributed by atoms with E-state index in [-0.39, 0.29) is 16.9 Å². The van der Waals surface area contributed by atoms with E-state index in [0.29, 0.717) is 35.8 Å². The van der Waals surface area contributed by atoms with Crippen molar-refractivity contribution in [2.75, 3.05) is 20.8 Å². The van der Waals surface area contributed by atoms with Gasteiger partial charge in [-0.05, 0) is 42.3 Å². The van der Waals surface area contributed by atoms with E-state index >= 15 is 0 Å². The number of hydrogen-bond donors (Lipinski definition) is 1. The fourth-order valence-corrected chi connectivity index (χ4v) is 3.73. The summed E-state index contributed by atoms with van der Waals surface area (Å²) in [5.41, 5.74) is 0.787. The Labute approximate surface area is 186 Å². The molecule has 8 nitrogen and oxygen atoms in total. The number of ketones is 1. The van der Waals surface area contributed by atoms with Crippen molar-refractivity contribution in [1.29, 1.82) is 0 Å². The van der Waals surface area contributed by atoms with Crippen LogP contribution >= 0.6 is 0 Å². The fourth-order valence-electron chi connectivity index (χ4n) is 3.73. The number of likely N-dealkylation sites (tertiary alicyclic amines) is 1. The quantitative estimate of drug-likeness (QED) is 0.232. The molecule has 168 valence electrons. The van der Waals surface area contributed by atoms with Crippen molar-refractivity contribution in [3.63, 3.8) is 0 Å². The zero-order valence-corrected chi connectivity index (χ0v) is 18.4. The van der Waals surface area contributed by atoms with Crippen LogP contribution < -0.4 is 14.2 Å². The average molecular weight is 439 g/mol. The Balaban J connectivity index is 2.18. The highest BCUT2D eigenvalue weighted by molar-refractivity contribution is 6.46. The van der Waals surface area contributed by atoms with Gasteiger partial charge in [-0.15, -0.1) is 0 Å². The lowest BCUT2D eigenvalue weighted by Crippen LogP contribution is -2.30. The second-order valence-electron chi connectivity index (χ2n) is 7.22. The Hall–Kier alpha value is -3.81. The maximum absolute atomic E-state index is 13.0. The van der Waals surface area contributed by atoms with E-state index in [1.807, 2.05) is 6.92 Å². The van der Waals surface area contributed by atoms with Crippen LogP contribution in [0.1, 0.15) is 37.4 Å². The molecule has 1 aliphatic heterocycles. The molecule has 1 fully saturated rings. The van der Waals surface area contributed by atoms with Crippen LogP contribution in [0.15, 0.2) is 48.0 Å². The SMILES string of the molecule is CCCN1C(=O)C(=O)/C(=C(/O)c2cc(OC)ccc2OC)C1c1ccc(OC(C)=O)cc1. The molecule has 2 aromatic rings. The number of benzene rings is 2. The Bertz CT molecular complexity index is 1070. The number of Topliss-reactive ketones (excluding diaryl/α,β-unsaturated/α-hetero) is 1. The molecule has 1 atom stereocenters. The molecule has 2 aromatic carbocycles. The van der Waals surface area contributed by atoms with Crippen LogP contribution in [0.2, 0.25) is 0 Å². The van der Waals surface area contributed by atoms with Crippen LogP contribution in [0.3, 0.4) is 0 Å². The van der Waals surface area contributed by atoms with Crippen molar-refractivity contribution < 1.29 is 33.7 Å². The molecule has 1 amide bonds. The zero-order valence-electron chi connectivity index (χ0n) is 18.4. The standard InChI is InChI=1S/C24H25NO7/c1-5-12-25-21(15-6-8-16(9-7-15)32-14(2)26)20(23(28)24(25)29)22(27)18-13-17(30-3)10-11-19(18)31-4/h6-11,13,21,27H,5,12H2,1-4H3/b22-20+. The van der Waals surface area contributed by atoms with Crippen molar-refractivity contribution in [2.24, 2.45) is 0 Å². The number of methoxy groups -OCH3 is 2. The predicted molar refractivity (Wildman–Crippen MR) is 117 cm³/mol. The third kappa shape index (κ3) is 4.30. The number of carbonyl (C=O) groups is 3. The van der Waals surface area contributed by atoms with Crippen molar-refractivity contribution >= 4 is 23.4 Å². The number of rotatable bonds is 7. The lowest BCUT2D eigenvalue weighted by Gasteiger charge is -2.25. The molecule has 1 N–H and O–H groups in total. The summed E-state index contributed by atoms with van der Waals surface area (Å²) in [6.07, 6.45) is 0.623. The summed E-state index contributed by atoms with van der Waals surface area (Å²) < 4.78 is 15.7. The Morgan fingerprint density at radius 3 is 2.25 bits per heavy atom. The van der Waals surface area contributed by atoms with Crippen LogP contribution in [0.25, 0.3) is 5.76 Å². The van der Waals surface area contributed by atoms with Gasteiger partial charge in [-0.2, -0.15) is 0 Å². The molecule has 0 aromatic heterocycles. The number of nitrogens with zero attached hydrogens (tertiary/aromatic N) is 1. The summed E-state index contributed by atoms with van der Waals surface area (Å²) in [6.45, 7) is 3.52. The van der Waals surface area contributed by atoms with Gasteiger partial charge in [-0.3, -0.25) is 14.4 Å². The molecule has 1 heterocycles. The molecular weight excluding hydrogens is 414 g/mol. The molecule has 0 radical (unpaired) electrons. The van der Waals surface area contributed by atoms with Crippen LogP contribution in [-0.2, 0) is 14.4 Å². The van der Waals surface area contributed by atoms with E-state index in [9.17, 15) is 19.5 Å². The number of amides is 1. The summed E-state index contributed by atoms with van der Waals surface area (Å²) >= 11 is 0. The molecular formula is C24H25NO7. The highest BCUT2D eigenvalue weighted by Crippen LogP contribution is 2.42. The van der Waals surface area contributed by atoms with E-state index in [4.69, 9.17) is 14.2 Å². The summed E-state index contributed by atoms with van der Waals surface area (Å²) in [4.78, 5) is 38.5. The van der Waals surface area contributed by atoms with Crippen molar-refractivity contribution in [2.45, 2.75) is 26.3 Å². The monoisotopic (exact) mass is 439 g/mol. The van der Waals surface area contributed by atoms with Gasteiger partial charge < -0.3 is 24.2 Å². The van der Waals surface area contributed by atoms with Crippen molar-refractivity contribution in [1.82, 2.24) is 4.90 Å². The van der Waals surface area contributed by atoms with Crippen LogP contribution in [-0.4, -0.2) is 48.4 Å². The molecule has 32 heavy (non-hydrogen) atoms. The number of aliphatic hydroxyl groups is 1. The minimum absolute atomic E-state index is 0.0461. The normalized spacial score (nSPS) is 17.4. The molecule has 0 bridgehead atoms. The third-order valence-corrected chi connectivity index (χ3v) is 5.12. The molecule has 1 aliphatic rings. The predicted octanol–water partition coefficient (Wildman–Crippen LogP) is 3.46. The van der Waals surface area contributed by atoms with Gasteiger partial charge in [-0.1, -0.05) is 19.1 Å². The fraction of sp³-hybridized carbons (Fsp3) is 0.292. The zero-order chi connectivity index (χ0) is 23.4. The van der Waals surface area contributed by atoms with Gasteiger partial charge in [-0.25, -0.2) is 0 Å². The van der Waals surface area contributed by atoms with Crippen LogP contribution in [0.4, 0.5) is 0 Å². The third-order valence-electron chi connectivity index (χ3n) is 5.12. The molecule has 0 spiro atoms. The highest BCUT2D eigenvalue weighted by atomic mass is 16.5. The average Bonchev–Trinajstić information content (AvgIpc) is 3.03.